The fourth-order valence-corrected chi connectivity index (χ4v) is 2.82. The Balaban J connectivity index is 2.03. The minimum Gasteiger partial charge on any atom is -0.295 e. The zero-order valence-electron chi connectivity index (χ0n) is 11.5. The molecule has 1 atom stereocenters. The number of likely N-dealkylation sites (tertiary alicyclic amines) is 1. The number of benzene rings is 1. The van der Waals surface area contributed by atoms with E-state index < -0.39 is 0 Å². The van der Waals surface area contributed by atoms with Crippen molar-refractivity contribution in [2.24, 2.45) is 5.92 Å². The van der Waals surface area contributed by atoms with Gasteiger partial charge in [-0.05, 0) is 24.8 Å². The lowest BCUT2D eigenvalue weighted by Gasteiger charge is -2.14. The average Bonchev–Trinajstić information content (AvgIpc) is 2.72. The largest absolute Gasteiger partial charge is 0.295 e. The van der Waals surface area contributed by atoms with Crippen LogP contribution in [0.15, 0.2) is 54.1 Å². The maximum absolute atomic E-state index is 3.84. The lowest BCUT2D eigenvalue weighted by molar-refractivity contribution is 0.322. The molecule has 96 valence electrons. The fourth-order valence-electron chi connectivity index (χ4n) is 2.82. The molecule has 18 heavy (non-hydrogen) atoms. The summed E-state index contributed by atoms with van der Waals surface area (Å²) in [5, 5.41) is 0. The van der Waals surface area contributed by atoms with Gasteiger partial charge in [0.15, 0.2) is 0 Å². The summed E-state index contributed by atoms with van der Waals surface area (Å²) in [7, 11) is 0. The third-order valence-corrected chi connectivity index (χ3v) is 3.77. The van der Waals surface area contributed by atoms with Crippen LogP contribution in [-0.2, 0) is 6.54 Å². The van der Waals surface area contributed by atoms with Crippen molar-refractivity contribution in [1.29, 1.82) is 0 Å². The van der Waals surface area contributed by atoms with Gasteiger partial charge in [-0.2, -0.15) is 0 Å². The van der Waals surface area contributed by atoms with E-state index in [1.807, 2.05) is 6.08 Å². The zero-order chi connectivity index (χ0) is 13.0. The topological polar surface area (TPSA) is 3.24 Å². The summed E-state index contributed by atoms with van der Waals surface area (Å²) >= 11 is 0. The van der Waals surface area contributed by atoms with Crippen LogP contribution in [0.3, 0.4) is 0 Å². The molecule has 1 aliphatic rings. The molecular weight excluding hydrogens is 218 g/mol. The molecule has 0 radical (unpaired) electrons. The van der Waals surface area contributed by atoms with Gasteiger partial charge in [0.2, 0.25) is 0 Å². The molecule has 1 heterocycles. The molecule has 1 aromatic rings. The first-order valence-electron chi connectivity index (χ1n) is 6.76. The van der Waals surface area contributed by atoms with Gasteiger partial charge in [0.25, 0.3) is 0 Å². The van der Waals surface area contributed by atoms with E-state index >= 15 is 0 Å². The maximum Gasteiger partial charge on any atom is 0.0237 e. The molecular formula is C17H23N. The molecule has 1 nitrogen and oxygen atoms in total. The van der Waals surface area contributed by atoms with Gasteiger partial charge in [0, 0.05) is 19.6 Å². The van der Waals surface area contributed by atoms with Crippen molar-refractivity contribution in [3.63, 3.8) is 0 Å². The summed E-state index contributed by atoms with van der Waals surface area (Å²) in [5.41, 5.74) is 4.53. The van der Waals surface area contributed by atoms with E-state index in [0.29, 0.717) is 5.92 Å². The molecule has 0 aliphatic carbocycles. The molecule has 1 aliphatic heterocycles. The Morgan fingerprint density at radius 2 is 2.11 bits per heavy atom. The SMILES string of the molecule is C=CC/C(C)=C1/CN(Cc2ccccc2)CC1C. The van der Waals surface area contributed by atoms with Gasteiger partial charge in [-0.1, -0.05) is 54.5 Å². The van der Waals surface area contributed by atoms with Crippen LogP contribution >= 0.6 is 0 Å². The van der Waals surface area contributed by atoms with Crippen molar-refractivity contribution in [2.45, 2.75) is 26.8 Å². The lowest BCUT2D eigenvalue weighted by atomic mass is 9.98. The molecule has 0 aromatic heterocycles. The van der Waals surface area contributed by atoms with Gasteiger partial charge < -0.3 is 0 Å². The summed E-state index contributed by atoms with van der Waals surface area (Å²) in [5.74, 6) is 0.689. The molecule has 0 amide bonds. The summed E-state index contributed by atoms with van der Waals surface area (Å²) in [4.78, 5) is 2.54. The van der Waals surface area contributed by atoms with Crippen molar-refractivity contribution < 1.29 is 0 Å². The minimum absolute atomic E-state index is 0.689. The quantitative estimate of drug-likeness (QED) is 0.719. The van der Waals surface area contributed by atoms with Crippen molar-refractivity contribution in [1.82, 2.24) is 4.90 Å². The van der Waals surface area contributed by atoms with Gasteiger partial charge in [0.05, 0.1) is 0 Å². The van der Waals surface area contributed by atoms with Crippen LogP contribution in [-0.4, -0.2) is 18.0 Å². The predicted octanol–water partition coefficient (Wildman–Crippen LogP) is 4.03. The molecule has 1 fully saturated rings. The summed E-state index contributed by atoms with van der Waals surface area (Å²) in [6.07, 6.45) is 3.04. The highest BCUT2D eigenvalue weighted by atomic mass is 15.1. The van der Waals surface area contributed by atoms with Crippen LogP contribution in [0.4, 0.5) is 0 Å². The summed E-state index contributed by atoms with van der Waals surface area (Å²) in [6, 6.07) is 10.7. The predicted molar refractivity (Wildman–Crippen MR) is 78.4 cm³/mol. The molecule has 0 saturated carbocycles. The Bertz CT molecular complexity index is 430. The van der Waals surface area contributed by atoms with Crippen LogP contribution in [0.1, 0.15) is 25.8 Å². The average molecular weight is 241 g/mol. The van der Waals surface area contributed by atoms with E-state index in [9.17, 15) is 0 Å². The fraction of sp³-hybridized carbons (Fsp3) is 0.412. The second-order valence-corrected chi connectivity index (χ2v) is 5.35. The number of allylic oxidation sites excluding steroid dienone is 2. The third-order valence-electron chi connectivity index (χ3n) is 3.77. The third kappa shape index (κ3) is 3.11. The molecule has 1 heteroatoms. The van der Waals surface area contributed by atoms with Crippen molar-refractivity contribution >= 4 is 0 Å². The van der Waals surface area contributed by atoms with Crippen LogP contribution in [0, 0.1) is 5.92 Å². The Morgan fingerprint density at radius 3 is 2.78 bits per heavy atom. The summed E-state index contributed by atoms with van der Waals surface area (Å²) < 4.78 is 0. The normalized spacial score (nSPS) is 23.1. The van der Waals surface area contributed by atoms with E-state index in [4.69, 9.17) is 0 Å². The zero-order valence-corrected chi connectivity index (χ0v) is 11.5. The van der Waals surface area contributed by atoms with E-state index in [1.165, 1.54) is 17.7 Å². The Labute approximate surface area is 111 Å². The number of hydrogen-bond donors (Lipinski definition) is 0. The second kappa shape index (κ2) is 6.01. The maximum atomic E-state index is 3.84. The molecule has 2 rings (SSSR count). The molecule has 0 N–H and O–H groups in total. The first-order chi connectivity index (χ1) is 8.70. The van der Waals surface area contributed by atoms with Gasteiger partial charge in [0.1, 0.15) is 0 Å². The highest BCUT2D eigenvalue weighted by molar-refractivity contribution is 5.23. The number of rotatable bonds is 4. The standard InChI is InChI=1S/C17H23N/c1-4-8-14(2)17-13-18(11-15(17)3)12-16-9-6-5-7-10-16/h4-7,9-10,15H,1,8,11-13H2,2-3H3/b17-14-. The molecule has 1 unspecified atom stereocenters. The summed E-state index contributed by atoms with van der Waals surface area (Å²) in [6.45, 7) is 11.8. The number of nitrogens with zero attached hydrogens (tertiary/aromatic N) is 1. The van der Waals surface area contributed by atoms with E-state index in [-0.39, 0.29) is 0 Å². The molecule has 0 bridgehead atoms. The van der Waals surface area contributed by atoms with Crippen molar-refractivity contribution in [2.75, 3.05) is 13.1 Å². The number of hydrogen-bond acceptors (Lipinski definition) is 1. The lowest BCUT2D eigenvalue weighted by Crippen LogP contribution is -2.19. The van der Waals surface area contributed by atoms with Crippen LogP contribution < -0.4 is 0 Å². The van der Waals surface area contributed by atoms with Gasteiger partial charge in [-0.3, -0.25) is 4.90 Å². The molecule has 1 aromatic carbocycles. The van der Waals surface area contributed by atoms with Crippen molar-refractivity contribution in [3.05, 3.63) is 59.7 Å². The van der Waals surface area contributed by atoms with Crippen LogP contribution in [0.2, 0.25) is 0 Å². The van der Waals surface area contributed by atoms with E-state index in [2.05, 4.69) is 55.7 Å². The van der Waals surface area contributed by atoms with Crippen molar-refractivity contribution in [3.8, 4) is 0 Å². The van der Waals surface area contributed by atoms with E-state index in [0.717, 1.165) is 19.5 Å². The smallest absolute Gasteiger partial charge is 0.0237 e. The van der Waals surface area contributed by atoms with Gasteiger partial charge in [-0.25, -0.2) is 0 Å². The van der Waals surface area contributed by atoms with Gasteiger partial charge >= 0.3 is 0 Å². The Kier molecular flexibility index (Phi) is 4.38. The molecule has 0 spiro atoms. The second-order valence-electron chi connectivity index (χ2n) is 5.35. The van der Waals surface area contributed by atoms with E-state index in [1.54, 1.807) is 5.57 Å². The highest BCUT2D eigenvalue weighted by Gasteiger charge is 2.24. The van der Waals surface area contributed by atoms with Gasteiger partial charge in [-0.15, -0.1) is 6.58 Å². The molecule has 1 saturated heterocycles. The monoisotopic (exact) mass is 241 g/mol. The minimum atomic E-state index is 0.689. The van der Waals surface area contributed by atoms with Crippen LogP contribution in [0.5, 0.6) is 0 Å². The Hall–Kier alpha value is -1.34. The first-order valence-corrected chi connectivity index (χ1v) is 6.76. The Morgan fingerprint density at radius 1 is 1.39 bits per heavy atom. The first kappa shape index (κ1) is 13.1. The highest BCUT2D eigenvalue weighted by Crippen LogP contribution is 2.27. The van der Waals surface area contributed by atoms with Crippen LogP contribution in [0.25, 0.3) is 0 Å².